The Balaban J connectivity index is 2.36. The fourth-order valence-corrected chi connectivity index (χ4v) is 2.67. The molecule has 100 valence electrons. The number of benzene rings is 1. The molecule has 1 aromatic carbocycles. The van der Waals surface area contributed by atoms with Crippen molar-refractivity contribution in [3.8, 4) is 0 Å². The van der Waals surface area contributed by atoms with E-state index in [1.54, 1.807) is 0 Å². The van der Waals surface area contributed by atoms with Crippen LogP contribution < -0.4 is 5.56 Å². The Morgan fingerprint density at radius 3 is 2.47 bits per heavy atom. The Bertz CT molecular complexity index is 751. The molecule has 0 saturated heterocycles. The Morgan fingerprint density at radius 1 is 1.16 bits per heavy atom. The highest BCUT2D eigenvalue weighted by atomic mass is 32.2. The summed E-state index contributed by atoms with van der Waals surface area (Å²) in [5, 5.41) is 4.97. The summed E-state index contributed by atoms with van der Waals surface area (Å²) < 4.78 is 49.9. The van der Waals surface area contributed by atoms with Crippen LogP contribution in [0.3, 0.4) is 0 Å². The molecular weight excluding hydrogens is 278 g/mol. The monoisotopic (exact) mass is 286 g/mol. The minimum atomic E-state index is -3.91. The molecule has 0 radical (unpaired) electrons. The van der Waals surface area contributed by atoms with E-state index in [2.05, 4.69) is 5.10 Å². The molecular formula is C11H8F2N2O3S. The Labute approximate surface area is 106 Å². The van der Waals surface area contributed by atoms with Crippen molar-refractivity contribution in [2.45, 2.75) is 10.8 Å². The van der Waals surface area contributed by atoms with Gasteiger partial charge in [-0.1, -0.05) is 6.07 Å². The minimum absolute atomic E-state index is 0.172. The van der Waals surface area contributed by atoms with Crippen LogP contribution in [-0.2, 0) is 15.6 Å². The second-order valence-corrected chi connectivity index (χ2v) is 5.69. The second kappa shape index (κ2) is 4.88. The van der Waals surface area contributed by atoms with Gasteiger partial charge in [0.05, 0.1) is 5.75 Å². The van der Waals surface area contributed by atoms with Crippen LogP contribution in [-0.4, -0.2) is 18.6 Å². The molecule has 0 spiro atoms. The van der Waals surface area contributed by atoms with Crippen molar-refractivity contribution in [3.05, 3.63) is 57.9 Å². The van der Waals surface area contributed by atoms with E-state index in [9.17, 15) is 22.0 Å². The van der Waals surface area contributed by atoms with E-state index in [0.29, 0.717) is 6.07 Å². The molecule has 2 rings (SSSR count). The zero-order valence-electron chi connectivity index (χ0n) is 9.43. The van der Waals surface area contributed by atoms with Crippen molar-refractivity contribution < 1.29 is 17.2 Å². The van der Waals surface area contributed by atoms with Crippen LogP contribution in [0.2, 0.25) is 0 Å². The maximum atomic E-state index is 13.4. The predicted octanol–water partition coefficient (Wildman–Crippen LogP) is 1.02. The normalized spacial score (nSPS) is 11.5. The number of rotatable bonds is 3. The van der Waals surface area contributed by atoms with E-state index in [0.717, 1.165) is 24.3 Å². The number of nitrogens with zero attached hydrogens (tertiary/aromatic N) is 1. The molecule has 0 unspecified atom stereocenters. The second-order valence-electron chi connectivity index (χ2n) is 3.75. The highest BCUT2D eigenvalue weighted by Crippen LogP contribution is 2.16. The number of aromatic nitrogens is 2. The highest BCUT2D eigenvalue weighted by molar-refractivity contribution is 7.90. The lowest BCUT2D eigenvalue weighted by molar-refractivity contribution is 0.567. The fourth-order valence-electron chi connectivity index (χ4n) is 1.42. The third-order valence-corrected chi connectivity index (χ3v) is 3.89. The maximum Gasteiger partial charge on any atom is 0.264 e. The van der Waals surface area contributed by atoms with Gasteiger partial charge in [0, 0.05) is 17.7 Å². The molecule has 0 atom stereocenters. The first-order chi connectivity index (χ1) is 8.88. The quantitative estimate of drug-likeness (QED) is 0.913. The lowest BCUT2D eigenvalue weighted by atomic mass is 10.2. The van der Waals surface area contributed by atoms with Crippen LogP contribution in [0.15, 0.2) is 40.2 Å². The van der Waals surface area contributed by atoms with Gasteiger partial charge in [0.15, 0.2) is 5.03 Å². The van der Waals surface area contributed by atoms with Crippen LogP contribution in [0.25, 0.3) is 0 Å². The van der Waals surface area contributed by atoms with Gasteiger partial charge in [-0.25, -0.2) is 22.3 Å². The van der Waals surface area contributed by atoms with E-state index in [1.165, 1.54) is 0 Å². The molecule has 1 N–H and O–H groups in total. The van der Waals surface area contributed by atoms with Gasteiger partial charge in [-0.3, -0.25) is 4.79 Å². The summed E-state index contributed by atoms with van der Waals surface area (Å²) in [6.45, 7) is 0. The van der Waals surface area contributed by atoms with E-state index in [4.69, 9.17) is 0 Å². The van der Waals surface area contributed by atoms with Gasteiger partial charge >= 0.3 is 0 Å². The lowest BCUT2D eigenvalue weighted by Gasteiger charge is -2.04. The van der Waals surface area contributed by atoms with Gasteiger partial charge in [-0.15, -0.1) is 0 Å². The number of hydrogen-bond acceptors (Lipinski definition) is 4. The van der Waals surface area contributed by atoms with Gasteiger partial charge in [-0.2, -0.15) is 5.10 Å². The van der Waals surface area contributed by atoms with Crippen molar-refractivity contribution in [2.75, 3.05) is 0 Å². The third kappa shape index (κ3) is 3.02. The summed E-state index contributed by atoms with van der Waals surface area (Å²) in [5.74, 6) is -2.41. The van der Waals surface area contributed by atoms with Crippen molar-refractivity contribution in [1.29, 1.82) is 0 Å². The zero-order valence-corrected chi connectivity index (χ0v) is 10.2. The molecule has 0 aliphatic heterocycles. The maximum absolute atomic E-state index is 13.4. The average Bonchev–Trinajstić information content (AvgIpc) is 2.33. The largest absolute Gasteiger partial charge is 0.268 e. The summed E-state index contributed by atoms with van der Waals surface area (Å²) in [6.07, 6.45) is 0. The Kier molecular flexibility index (Phi) is 3.43. The molecule has 0 bridgehead atoms. The van der Waals surface area contributed by atoms with Crippen molar-refractivity contribution >= 4 is 9.84 Å². The third-order valence-electron chi connectivity index (χ3n) is 2.33. The van der Waals surface area contributed by atoms with Crippen LogP contribution in [0.4, 0.5) is 8.78 Å². The number of H-pyrrole nitrogens is 1. The zero-order chi connectivity index (χ0) is 14.0. The van der Waals surface area contributed by atoms with E-state index >= 15 is 0 Å². The SMILES string of the molecule is O=c1ccc(S(=O)(=O)Cc2ccc(F)cc2F)n[nH]1. The topological polar surface area (TPSA) is 79.9 Å². The fraction of sp³-hybridized carbons (Fsp3) is 0.0909. The number of hydrogen-bond donors (Lipinski definition) is 1. The number of aromatic amines is 1. The first-order valence-corrected chi connectivity index (χ1v) is 6.76. The van der Waals surface area contributed by atoms with Gasteiger partial charge in [0.2, 0.25) is 9.84 Å². The number of nitrogens with one attached hydrogen (secondary N) is 1. The summed E-state index contributed by atoms with van der Waals surface area (Å²) >= 11 is 0. The number of halogens is 2. The van der Waals surface area contributed by atoms with Crippen molar-refractivity contribution in [1.82, 2.24) is 10.2 Å². The molecule has 0 amide bonds. The molecule has 8 heteroatoms. The molecule has 0 aliphatic carbocycles. The minimum Gasteiger partial charge on any atom is -0.268 e. The molecule has 2 aromatic rings. The summed E-state index contributed by atoms with van der Waals surface area (Å²) in [4.78, 5) is 10.8. The van der Waals surface area contributed by atoms with E-state index in [-0.39, 0.29) is 10.6 Å². The Hall–Kier alpha value is -2.09. The van der Waals surface area contributed by atoms with Crippen LogP contribution >= 0.6 is 0 Å². The average molecular weight is 286 g/mol. The molecule has 5 nitrogen and oxygen atoms in total. The summed E-state index contributed by atoms with van der Waals surface area (Å²) in [7, 11) is -3.91. The van der Waals surface area contributed by atoms with Gasteiger partial charge in [0.1, 0.15) is 11.6 Å². The lowest BCUT2D eigenvalue weighted by Crippen LogP contribution is -2.13. The summed E-state index contributed by atoms with van der Waals surface area (Å²) in [6, 6.07) is 4.64. The molecule has 0 fully saturated rings. The molecule has 19 heavy (non-hydrogen) atoms. The first-order valence-electron chi connectivity index (χ1n) is 5.11. The van der Waals surface area contributed by atoms with Crippen LogP contribution in [0.5, 0.6) is 0 Å². The standard InChI is InChI=1S/C11H8F2N2O3S/c12-8-2-1-7(9(13)5-8)6-19(17,18)11-4-3-10(16)14-15-11/h1-5H,6H2,(H,14,16). The van der Waals surface area contributed by atoms with Gasteiger partial charge in [-0.05, 0) is 12.1 Å². The van der Waals surface area contributed by atoms with Crippen LogP contribution in [0.1, 0.15) is 5.56 Å². The van der Waals surface area contributed by atoms with Crippen LogP contribution in [0, 0.1) is 11.6 Å². The number of sulfone groups is 1. The Morgan fingerprint density at radius 2 is 1.89 bits per heavy atom. The van der Waals surface area contributed by atoms with Crippen molar-refractivity contribution in [2.24, 2.45) is 0 Å². The first kappa shape index (κ1) is 13.3. The smallest absolute Gasteiger partial charge is 0.264 e. The molecule has 0 aliphatic rings. The van der Waals surface area contributed by atoms with Gasteiger partial charge < -0.3 is 0 Å². The predicted molar refractivity (Wildman–Crippen MR) is 62.1 cm³/mol. The van der Waals surface area contributed by atoms with E-state index < -0.39 is 32.8 Å². The molecule has 0 saturated carbocycles. The summed E-state index contributed by atoms with van der Waals surface area (Å²) in [5.41, 5.74) is -0.721. The van der Waals surface area contributed by atoms with Gasteiger partial charge in [0.25, 0.3) is 5.56 Å². The van der Waals surface area contributed by atoms with Crippen molar-refractivity contribution in [3.63, 3.8) is 0 Å². The molecule has 1 aromatic heterocycles. The molecule has 1 heterocycles. The highest BCUT2D eigenvalue weighted by Gasteiger charge is 2.19. The van der Waals surface area contributed by atoms with E-state index in [1.807, 2.05) is 5.10 Å².